The summed E-state index contributed by atoms with van der Waals surface area (Å²) in [6, 6.07) is 17.3. The number of anilines is 1. The Labute approximate surface area is 153 Å². The molecule has 26 heavy (non-hydrogen) atoms. The number of H-pyrrole nitrogens is 1. The summed E-state index contributed by atoms with van der Waals surface area (Å²) in [5.74, 6) is 0.572. The maximum atomic E-state index is 12.4. The lowest BCUT2D eigenvalue weighted by Gasteiger charge is -2.05. The molecule has 0 aliphatic rings. The predicted octanol–water partition coefficient (Wildman–Crippen LogP) is 4.68. The lowest BCUT2D eigenvalue weighted by Crippen LogP contribution is -2.12. The van der Waals surface area contributed by atoms with E-state index in [1.54, 1.807) is 13.2 Å². The summed E-state index contributed by atoms with van der Waals surface area (Å²) in [7, 11) is 1.63. The number of carbonyl (C=O) groups excluding carboxylic acids is 1. The Morgan fingerprint density at radius 2 is 1.85 bits per heavy atom. The number of methoxy groups -OCH3 is 1. The number of aromatic amines is 1. The highest BCUT2D eigenvalue weighted by Crippen LogP contribution is 2.21. The van der Waals surface area contributed by atoms with E-state index < -0.39 is 0 Å². The number of unbranched alkanes of at least 4 members (excludes halogenated alkanes) is 1. The van der Waals surface area contributed by atoms with E-state index in [0.29, 0.717) is 11.4 Å². The highest BCUT2D eigenvalue weighted by Gasteiger charge is 2.11. The highest BCUT2D eigenvalue weighted by atomic mass is 16.5. The van der Waals surface area contributed by atoms with Crippen LogP contribution in [0, 0.1) is 0 Å². The second kappa shape index (κ2) is 8.34. The van der Waals surface area contributed by atoms with Crippen LogP contribution in [0.25, 0.3) is 11.3 Å². The van der Waals surface area contributed by atoms with Crippen LogP contribution in [-0.4, -0.2) is 23.2 Å². The van der Waals surface area contributed by atoms with E-state index in [2.05, 4.69) is 34.6 Å². The van der Waals surface area contributed by atoms with Crippen molar-refractivity contribution in [2.45, 2.75) is 26.2 Å². The first-order chi connectivity index (χ1) is 12.7. The van der Waals surface area contributed by atoms with Gasteiger partial charge in [0.15, 0.2) is 0 Å². The number of nitrogens with one attached hydrogen (secondary N) is 2. The summed E-state index contributed by atoms with van der Waals surface area (Å²) >= 11 is 0. The molecular weight excluding hydrogens is 326 g/mol. The Bertz CT molecular complexity index is 852. The average molecular weight is 349 g/mol. The van der Waals surface area contributed by atoms with E-state index in [-0.39, 0.29) is 5.91 Å². The van der Waals surface area contributed by atoms with E-state index in [9.17, 15) is 4.79 Å². The van der Waals surface area contributed by atoms with Gasteiger partial charge in [-0.1, -0.05) is 25.5 Å². The van der Waals surface area contributed by atoms with Crippen LogP contribution in [-0.2, 0) is 6.42 Å². The van der Waals surface area contributed by atoms with Gasteiger partial charge in [-0.05, 0) is 60.9 Å². The number of hydrogen-bond acceptors (Lipinski definition) is 3. The molecule has 5 nitrogen and oxygen atoms in total. The normalized spacial score (nSPS) is 10.5. The van der Waals surface area contributed by atoms with E-state index >= 15 is 0 Å². The van der Waals surface area contributed by atoms with Gasteiger partial charge in [0.05, 0.1) is 12.8 Å². The molecule has 3 aromatic rings. The number of hydrogen-bond donors (Lipinski definition) is 2. The van der Waals surface area contributed by atoms with Crippen LogP contribution in [0.5, 0.6) is 5.75 Å². The third-order valence-corrected chi connectivity index (χ3v) is 4.24. The summed E-state index contributed by atoms with van der Waals surface area (Å²) in [4.78, 5) is 12.4. The van der Waals surface area contributed by atoms with E-state index in [1.807, 2.05) is 36.4 Å². The molecule has 0 aliphatic heterocycles. The van der Waals surface area contributed by atoms with Crippen LogP contribution in [0.4, 0.5) is 5.69 Å². The topological polar surface area (TPSA) is 67.0 Å². The fourth-order valence-electron chi connectivity index (χ4n) is 2.68. The summed E-state index contributed by atoms with van der Waals surface area (Å²) < 4.78 is 5.15. The van der Waals surface area contributed by atoms with E-state index in [0.717, 1.165) is 23.4 Å². The molecule has 1 aromatic heterocycles. The van der Waals surface area contributed by atoms with Crippen LogP contribution in [0.15, 0.2) is 54.6 Å². The number of aromatic nitrogens is 2. The van der Waals surface area contributed by atoms with Gasteiger partial charge in [-0.25, -0.2) is 0 Å². The van der Waals surface area contributed by atoms with Crippen molar-refractivity contribution in [3.63, 3.8) is 0 Å². The molecule has 3 rings (SSSR count). The molecular formula is C21H23N3O2. The zero-order valence-electron chi connectivity index (χ0n) is 15.1. The van der Waals surface area contributed by atoms with E-state index in [4.69, 9.17) is 4.74 Å². The van der Waals surface area contributed by atoms with Gasteiger partial charge in [-0.15, -0.1) is 0 Å². The quantitative estimate of drug-likeness (QED) is 0.651. The van der Waals surface area contributed by atoms with Gasteiger partial charge in [0, 0.05) is 11.3 Å². The maximum Gasteiger partial charge on any atom is 0.273 e. The molecule has 2 N–H and O–H groups in total. The Morgan fingerprint density at radius 1 is 1.12 bits per heavy atom. The molecule has 1 amide bonds. The van der Waals surface area contributed by atoms with Gasteiger partial charge < -0.3 is 10.1 Å². The molecule has 0 spiro atoms. The van der Waals surface area contributed by atoms with Crippen molar-refractivity contribution in [2.24, 2.45) is 0 Å². The Hall–Kier alpha value is -3.08. The molecule has 0 fully saturated rings. The molecule has 134 valence electrons. The number of amides is 1. The monoisotopic (exact) mass is 349 g/mol. The second-order valence-corrected chi connectivity index (χ2v) is 6.15. The van der Waals surface area contributed by atoms with Gasteiger partial charge in [-0.3, -0.25) is 9.89 Å². The van der Waals surface area contributed by atoms with Crippen molar-refractivity contribution in [2.75, 3.05) is 12.4 Å². The standard InChI is InChI=1S/C21H23N3O2/c1-3-4-5-15-6-10-17(11-7-15)22-21(25)20-14-19(23-24-20)16-8-12-18(26-2)13-9-16/h6-14H,3-5H2,1-2H3,(H,22,25)(H,23,24). The molecule has 0 aliphatic carbocycles. The summed E-state index contributed by atoms with van der Waals surface area (Å²) in [5.41, 5.74) is 4.11. The van der Waals surface area contributed by atoms with Crippen molar-refractivity contribution < 1.29 is 9.53 Å². The fourth-order valence-corrected chi connectivity index (χ4v) is 2.68. The van der Waals surface area contributed by atoms with Crippen molar-refractivity contribution in [3.8, 4) is 17.0 Å². The van der Waals surface area contributed by atoms with Gasteiger partial charge in [0.25, 0.3) is 5.91 Å². The number of ether oxygens (including phenoxy) is 1. The first-order valence-electron chi connectivity index (χ1n) is 8.79. The van der Waals surface area contributed by atoms with Gasteiger partial charge >= 0.3 is 0 Å². The molecule has 0 saturated carbocycles. The maximum absolute atomic E-state index is 12.4. The molecule has 0 saturated heterocycles. The zero-order chi connectivity index (χ0) is 18.4. The highest BCUT2D eigenvalue weighted by molar-refractivity contribution is 6.03. The third kappa shape index (κ3) is 4.30. The lowest BCUT2D eigenvalue weighted by atomic mass is 10.1. The minimum atomic E-state index is -0.210. The van der Waals surface area contributed by atoms with Crippen LogP contribution < -0.4 is 10.1 Å². The number of nitrogens with zero attached hydrogens (tertiary/aromatic N) is 1. The number of carbonyl (C=O) groups is 1. The van der Waals surface area contributed by atoms with Crippen LogP contribution in [0.3, 0.4) is 0 Å². The number of aryl methyl sites for hydroxylation is 1. The summed E-state index contributed by atoms with van der Waals surface area (Å²) in [6.45, 7) is 2.18. The van der Waals surface area contributed by atoms with Crippen molar-refractivity contribution in [1.82, 2.24) is 10.2 Å². The largest absolute Gasteiger partial charge is 0.497 e. The van der Waals surface area contributed by atoms with Gasteiger partial charge in [-0.2, -0.15) is 5.10 Å². The Morgan fingerprint density at radius 3 is 2.50 bits per heavy atom. The smallest absolute Gasteiger partial charge is 0.273 e. The fraction of sp³-hybridized carbons (Fsp3) is 0.238. The van der Waals surface area contributed by atoms with Gasteiger partial charge in [0.2, 0.25) is 0 Å². The molecule has 5 heteroatoms. The van der Waals surface area contributed by atoms with E-state index in [1.165, 1.54) is 18.4 Å². The molecule has 0 unspecified atom stereocenters. The first kappa shape index (κ1) is 17.7. The van der Waals surface area contributed by atoms with Gasteiger partial charge in [0.1, 0.15) is 11.4 Å². The molecule has 2 aromatic carbocycles. The van der Waals surface area contributed by atoms with Crippen LogP contribution >= 0.6 is 0 Å². The molecule has 0 atom stereocenters. The Kier molecular flexibility index (Phi) is 5.69. The van der Waals surface area contributed by atoms with Crippen LogP contribution in [0.2, 0.25) is 0 Å². The summed E-state index contributed by atoms with van der Waals surface area (Å²) in [6.07, 6.45) is 3.42. The zero-order valence-corrected chi connectivity index (χ0v) is 15.1. The van der Waals surface area contributed by atoms with Crippen molar-refractivity contribution >= 4 is 11.6 Å². The van der Waals surface area contributed by atoms with Crippen molar-refractivity contribution in [3.05, 3.63) is 65.9 Å². The van der Waals surface area contributed by atoms with Crippen LogP contribution in [0.1, 0.15) is 35.8 Å². The number of benzene rings is 2. The third-order valence-electron chi connectivity index (χ3n) is 4.24. The number of rotatable bonds is 7. The first-order valence-corrected chi connectivity index (χ1v) is 8.79. The molecule has 0 radical (unpaired) electrons. The minimum Gasteiger partial charge on any atom is -0.497 e. The SMILES string of the molecule is CCCCc1ccc(NC(=O)c2cc(-c3ccc(OC)cc3)n[nH]2)cc1. The van der Waals surface area contributed by atoms with Crippen molar-refractivity contribution in [1.29, 1.82) is 0 Å². The molecule has 0 bridgehead atoms. The minimum absolute atomic E-state index is 0.210. The summed E-state index contributed by atoms with van der Waals surface area (Å²) in [5, 5.41) is 9.92. The predicted molar refractivity (Wildman–Crippen MR) is 104 cm³/mol. The molecule has 1 heterocycles. The average Bonchev–Trinajstić information content (AvgIpc) is 3.18. The Balaban J connectivity index is 1.65. The lowest BCUT2D eigenvalue weighted by molar-refractivity contribution is 0.102. The second-order valence-electron chi connectivity index (χ2n) is 6.15.